The summed E-state index contributed by atoms with van der Waals surface area (Å²) in [6.07, 6.45) is 1.60. The molecule has 3 aromatic rings. The highest BCUT2D eigenvalue weighted by atomic mass is 32.2. The predicted molar refractivity (Wildman–Crippen MR) is 112 cm³/mol. The Labute approximate surface area is 179 Å². The van der Waals surface area contributed by atoms with Crippen LogP contribution < -0.4 is 14.1 Å². The van der Waals surface area contributed by atoms with Gasteiger partial charge in [0.25, 0.3) is 0 Å². The Bertz CT molecular complexity index is 1270. The standard InChI is InChI=1S/C20H22N4O6S/c1-20(2)7-6-13-9-17(27-3)18(29-31(21,25)26)10-14(13)19(20)24-28-11-12-4-5-15-16(8-12)23-30-22-15/h4-5,8-10H,6-7,11H2,1-3H3,(H2,21,25,26)/b24-19+. The third-order valence-corrected chi connectivity index (χ3v) is 5.63. The maximum atomic E-state index is 11.5. The van der Waals surface area contributed by atoms with E-state index in [1.165, 1.54) is 7.11 Å². The first kappa shape index (κ1) is 21.1. The lowest BCUT2D eigenvalue weighted by atomic mass is 9.72. The van der Waals surface area contributed by atoms with E-state index < -0.39 is 10.3 Å². The number of benzene rings is 2. The lowest BCUT2D eigenvalue weighted by Gasteiger charge is -2.33. The maximum absolute atomic E-state index is 11.5. The van der Waals surface area contributed by atoms with Gasteiger partial charge in [0.2, 0.25) is 0 Å². The Kier molecular flexibility index (Phi) is 5.31. The second kappa shape index (κ2) is 7.82. The zero-order chi connectivity index (χ0) is 22.2. The molecule has 0 atom stereocenters. The van der Waals surface area contributed by atoms with Crippen LogP contribution >= 0.6 is 0 Å². The van der Waals surface area contributed by atoms with Gasteiger partial charge in [0.15, 0.2) is 11.5 Å². The van der Waals surface area contributed by atoms with Crippen molar-refractivity contribution in [3.8, 4) is 11.5 Å². The molecule has 0 unspecified atom stereocenters. The van der Waals surface area contributed by atoms with Crippen LogP contribution in [-0.4, -0.2) is 31.6 Å². The summed E-state index contributed by atoms with van der Waals surface area (Å²) in [5, 5.41) is 17.1. The van der Waals surface area contributed by atoms with Crippen LogP contribution in [0.2, 0.25) is 0 Å². The van der Waals surface area contributed by atoms with E-state index in [4.69, 9.17) is 23.5 Å². The number of ether oxygens (including phenoxy) is 1. The quantitative estimate of drug-likeness (QED) is 0.570. The van der Waals surface area contributed by atoms with Gasteiger partial charge in [-0.15, -0.1) is 0 Å². The minimum atomic E-state index is -4.22. The van der Waals surface area contributed by atoms with E-state index in [9.17, 15) is 8.42 Å². The van der Waals surface area contributed by atoms with Crippen molar-refractivity contribution in [3.05, 3.63) is 47.0 Å². The Balaban J connectivity index is 1.66. The van der Waals surface area contributed by atoms with E-state index in [-0.39, 0.29) is 23.5 Å². The summed E-state index contributed by atoms with van der Waals surface area (Å²) < 4.78 is 37.9. The van der Waals surface area contributed by atoms with Gasteiger partial charge in [-0.1, -0.05) is 25.1 Å². The van der Waals surface area contributed by atoms with Crippen LogP contribution in [0.4, 0.5) is 0 Å². The van der Waals surface area contributed by atoms with Gasteiger partial charge in [-0.25, -0.2) is 4.63 Å². The highest BCUT2D eigenvalue weighted by Gasteiger charge is 2.34. The van der Waals surface area contributed by atoms with Crippen molar-refractivity contribution in [1.82, 2.24) is 10.3 Å². The van der Waals surface area contributed by atoms with Crippen LogP contribution in [0.3, 0.4) is 0 Å². The zero-order valence-corrected chi connectivity index (χ0v) is 18.1. The van der Waals surface area contributed by atoms with Gasteiger partial charge in [0, 0.05) is 11.0 Å². The van der Waals surface area contributed by atoms with Gasteiger partial charge < -0.3 is 13.8 Å². The number of nitrogens with zero attached hydrogens (tertiary/aromatic N) is 3. The molecule has 1 heterocycles. The average Bonchev–Trinajstić information content (AvgIpc) is 3.16. The highest BCUT2D eigenvalue weighted by Crippen LogP contribution is 2.41. The molecule has 0 radical (unpaired) electrons. The van der Waals surface area contributed by atoms with E-state index in [0.717, 1.165) is 29.5 Å². The number of oxime groups is 1. The summed E-state index contributed by atoms with van der Waals surface area (Å²) in [6.45, 7) is 4.32. The highest BCUT2D eigenvalue weighted by molar-refractivity contribution is 7.84. The first-order chi connectivity index (χ1) is 14.7. The summed E-state index contributed by atoms with van der Waals surface area (Å²) in [5.74, 6) is 0.278. The monoisotopic (exact) mass is 446 g/mol. The van der Waals surface area contributed by atoms with Crippen molar-refractivity contribution in [2.75, 3.05) is 7.11 Å². The molecule has 2 N–H and O–H groups in total. The van der Waals surface area contributed by atoms with Gasteiger partial charge in [0.1, 0.15) is 17.6 Å². The summed E-state index contributed by atoms with van der Waals surface area (Å²) in [7, 11) is -2.78. The van der Waals surface area contributed by atoms with Gasteiger partial charge >= 0.3 is 10.3 Å². The fraction of sp³-hybridized carbons (Fsp3) is 0.350. The van der Waals surface area contributed by atoms with E-state index in [1.807, 2.05) is 12.1 Å². The molecule has 0 fully saturated rings. The lowest BCUT2D eigenvalue weighted by Crippen LogP contribution is -2.31. The smallest absolute Gasteiger partial charge is 0.380 e. The molecule has 1 aliphatic carbocycles. The predicted octanol–water partition coefficient (Wildman–Crippen LogP) is 2.71. The second-order valence-corrected chi connectivity index (χ2v) is 9.07. The van der Waals surface area contributed by atoms with Crippen LogP contribution in [0.1, 0.15) is 37.0 Å². The number of nitrogens with two attached hydrogens (primary N) is 1. The molecule has 1 aromatic heterocycles. The number of methoxy groups -OCH3 is 1. The number of rotatable bonds is 6. The first-order valence-electron chi connectivity index (χ1n) is 9.51. The number of hydrogen-bond acceptors (Lipinski definition) is 9. The molecule has 0 saturated heterocycles. The van der Waals surface area contributed by atoms with E-state index >= 15 is 0 Å². The topological polar surface area (TPSA) is 139 Å². The molecule has 31 heavy (non-hydrogen) atoms. The molecule has 0 aliphatic heterocycles. The largest absolute Gasteiger partial charge is 0.493 e. The molecular weight excluding hydrogens is 424 g/mol. The minimum absolute atomic E-state index is 0.00173. The molecule has 11 heteroatoms. The van der Waals surface area contributed by atoms with Crippen LogP contribution in [0.25, 0.3) is 11.0 Å². The molecule has 10 nitrogen and oxygen atoms in total. The normalized spacial score (nSPS) is 16.8. The van der Waals surface area contributed by atoms with Crippen LogP contribution in [0, 0.1) is 5.41 Å². The van der Waals surface area contributed by atoms with E-state index in [2.05, 4.69) is 29.3 Å². The molecule has 0 bridgehead atoms. The summed E-state index contributed by atoms with van der Waals surface area (Å²) >= 11 is 0. The van der Waals surface area contributed by atoms with Gasteiger partial charge in [0.05, 0.1) is 12.8 Å². The average molecular weight is 446 g/mol. The van der Waals surface area contributed by atoms with Crippen molar-refractivity contribution in [2.45, 2.75) is 33.3 Å². The molecule has 2 aromatic carbocycles. The van der Waals surface area contributed by atoms with Crippen molar-refractivity contribution in [3.63, 3.8) is 0 Å². The van der Waals surface area contributed by atoms with Crippen LogP contribution in [0.5, 0.6) is 11.5 Å². The molecule has 0 amide bonds. The Hall–Kier alpha value is -3.18. The second-order valence-electron chi connectivity index (χ2n) is 7.92. The van der Waals surface area contributed by atoms with Crippen molar-refractivity contribution in [1.29, 1.82) is 0 Å². The zero-order valence-electron chi connectivity index (χ0n) is 17.3. The molecular formula is C20H22N4O6S. The van der Waals surface area contributed by atoms with E-state index in [0.29, 0.717) is 16.7 Å². The van der Waals surface area contributed by atoms with Crippen LogP contribution in [-0.2, 0) is 28.2 Å². The van der Waals surface area contributed by atoms with Gasteiger partial charge in [-0.3, -0.25) is 0 Å². The lowest BCUT2D eigenvalue weighted by molar-refractivity contribution is 0.127. The molecule has 4 rings (SSSR count). The van der Waals surface area contributed by atoms with Gasteiger partial charge in [-0.05, 0) is 58.5 Å². The third kappa shape index (κ3) is 4.47. The van der Waals surface area contributed by atoms with Crippen molar-refractivity contribution >= 4 is 27.0 Å². The molecule has 164 valence electrons. The first-order valence-corrected chi connectivity index (χ1v) is 11.0. The Morgan fingerprint density at radius 1 is 1.16 bits per heavy atom. The fourth-order valence-corrected chi connectivity index (χ4v) is 3.95. The summed E-state index contributed by atoms with van der Waals surface area (Å²) in [5.41, 5.74) is 4.21. The number of aromatic nitrogens is 2. The van der Waals surface area contributed by atoms with Gasteiger partial charge in [-0.2, -0.15) is 13.6 Å². The number of fused-ring (bicyclic) bond motifs is 2. The van der Waals surface area contributed by atoms with Crippen molar-refractivity contribution in [2.24, 2.45) is 15.7 Å². The Morgan fingerprint density at radius 3 is 2.68 bits per heavy atom. The molecule has 0 saturated carbocycles. The Morgan fingerprint density at radius 2 is 1.94 bits per heavy atom. The van der Waals surface area contributed by atoms with Crippen molar-refractivity contribution < 1.29 is 26.8 Å². The summed E-state index contributed by atoms with van der Waals surface area (Å²) in [6, 6.07) is 8.78. The third-order valence-electron chi connectivity index (χ3n) is 5.22. The van der Waals surface area contributed by atoms with E-state index in [1.54, 1.807) is 18.2 Å². The minimum Gasteiger partial charge on any atom is -0.493 e. The maximum Gasteiger partial charge on any atom is 0.380 e. The van der Waals surface area contributed by atoms with Crippen LogP contribution in [0.15, 0.2) is 40.1 Å². The number of hydrogen-bond donors (Lipinski definition) is 1. The SMILES string of the molecule is COc1cc2c(cc1OS(N)(=O)=O)/C(=N\OCc1ccc3nonc3c1)C(C)(C)CC2. The molecule has 0 spiro atoms. The molecule has 1 aliphatic rings. The fourth-order valence-electron chi connectivity index (χ4n) is 3.57. The summed E-state index contributed by atoms with van der Waals surface area (Å²) in [4.78, 5) is 5.67. The number of aryl methyl sites for hydroxylation is 1.